The summed E-state index contributed by atoms with van der Waals surface area (Å²) in [4.78, 5) is 6.57. The third kappa shape index (κ3) is 1.81. The van der Waals surface area contributed by atoms with E-state index in [-0.39, 0.29) is 0 Å². The Morgan fingerprint density at radius 1 is 1.28 bits per heavy atom. The van der Waals surface area contributed by atoms with Crippen LogP contribution in [-0.4, -0.2) is 23.2 Å². The van der Waals surface area contributed by atoms with Crippen LogP contribution in [0, 0.1) is 6.92 Å². The van der Waals surface area contributed by atoms with Crippen molar-refractivity contribution < 1.29 is 4.52 Å². The molecule has 5 heteroatoms. The fourth-order valence-corrected chi connectivity index (χ4v) is 2.24. The quantitative estimate of drug-likeness (QED) is 0.820. The fraction of sp³-hybridized carbons (Fsp3) is 0.385. The highest BCUT2D eigenvalue weighted by molar-refractivity contribution is 5.73. The first kappa shape index (κ1) is 11.1. The molecule has 2 heterocycles. The van der Waals surface area contributed by atoms with Crippen molar-refractivity contribution in [3.8, 4) is 11.5 Å². The molecular weight excluding hydrogens is 228 g/mol. The third-order valence-corrected chi connectivity index (χ3v) is 3.36. The Balaban J connectivity index is 1.95. The highest BCUT2D eigenvalue weighted by Crippen LogP contribution is 2.28. The lowest BCUT2D eigenvalue weighted by molar-refractivity contribution is 0.430. The standard InChI is InChI=1S/C13H16N4O/c1-9-5-4-6-10(11(9)14)12-15-13(16-18-12)17-7-2-3-8-17/h4-6H,2-3,7-8,14H2,1H3. The van der Waals surface area contributed by atoms with Gasteiger partial charge in [0.15, 0.2) is 0 Å². The predicted octanol–water partition coefficient (Wildman–Crippen LogP) is 2.23. The van der Waals surface area contributed by atoms with Crippen LogP contribution in [0.15, 0.2) is 22.7 Å². The van der Waals surface area contributed by atoms with Gasteiger partial charge in [-0.05, 0) is 36.6 Å². The molecule has 1 aliphatic heterocycles. The van der Waals surface area contributed by atoms with E-state index in [2.05, 4.69) is 15.0 Å². The monoisotopic (exact) mass is 244 g/mol. The molecule has 0 aliphatic carbocycles. The van der Waals surface area contributed by atoms with E-state index >= 15 is 0 Å². The Kier molecular flexibility index (Phi) is 2.66. The average Bonchev–Trinajstić information content (AvgIpc) is 3.01. The van der Waals surface area contributed by atoms with Gasteiger partial charge in [-0.25, -0.2) is 0 Å². The molecule has 2 N–H and O–H groups in total. The zero-order valence-corrected chi connectivity index (χ0v) is 10.4. The number of aromatic nitrogens is 2. The molecule has 1 fully saturated rings. The zero-order valence-electron chi connectivity index (χ0n) is 10.4. The van der Waals surface area contributed by atoms with Gasteiger partial charge in [-0.3, -0.25) is 0 Å². The number of nitrogen functional groups attached to an aromatic ring is 1. The van der Waals surface area contributed by atoms with Gasteiger partial charge in [-0.2, -0.15) is 4.98 Å². The topological polar surface area (TPSA) is 68.2 Å². The maximum atomic E-state index is 6.04. The maximum absolute atomic E-state index is 6.04. The van der Waals surface area contributed by atoms with Gasteiger partial charge in [0, 0.05) is 18.8 Å². The lowest BCUT2D eigenvalue weighted by Crippen LogP contribution is -2.18. The average molecular weight is 244 g/mol. The second-order valence-corrected chi connectivity index (χ2v) is 4.63. The largest absolute Gasteiger partial charge is 0.398 e. The van der Waals surface area contributed by atoms with Crippen molar-refractivity contribution in [1.29, 1.82) is 0 Å². The van der Waals surface area contributed by atoms with Crippen LogP contribution in [0.3, 0.4) is 0 Å². The van der Waals surface area contributed by atoms with Gasteiger partial charge in [0.1, 0.15) is 0 Å². The molecule has 5 nitrogen and oxygen atoms in total. The van der Waals surface area contributed by atoms with Gasteiger partial charge in [0.25, 0.3) is 11.8 Å². The molecule has 0 bridgehead atoms. The first-order valence-electron chi connectivity index (χ1n) is 6.20. The Hall–Kier alpha value is -2.04. The number of aryl methyl sites for hydroxylation is 1. The lowest BCUT2D eigenvalue weighted by Gasteiger charge is -2.09. The second-order valence-electron chi connectivity index (χ2n) is 4.63. The van der Waals surface area contributed by atoms with Gasteiger partial charge in [-0.15, -0.1) is 0 Å². The van der Waals surface area contributed by atoms with Crippen LogP contribution in [-0.2, 0) is 0 Å². The van der Waals surface area contributed by atoms with Crippen molar-refractivity contribution in [2.75, 3.05) is 23.7 Å². The smallest absolute Gasteiger partial charge is 0.266 e. The van der Waals surface area contributed by atoms with E-state index < -0.39 is 0 Å². The van der Waals surface area contributed by atoms with Crippen LogP contribution in [0.4, 0.5) is 11.6 Å². The number of nitrogens with two attached hydrogens (primary N) is 1. The predicted molar refractivity (Wildman–Crippen MR) is 70.3 cm³/mol. The summed E-state index contributed by atoms with van der Waals surface area (Å²) in [5, 5.41) is 4.03. The fourth-order valence-electron chi connectivity index (χ4n) is 2.24. The summed E-state index contributed by atoms with van der Waals surface area (Å²) in [6.07, 6.45) is 2.38. The highest BCUT2D eigenvalue weighted by Gasteiger charge is 2.19. The minimum absolute atomic E-state index is 0.498. The molecule has 0 amide bonds. The zero-order chi connectivity index (χ0) is 12.5. The minimum Gasteiger partial charge on any atom is -0.398 e. The Labute approximate surface area is 106 Å². The molecule has 1 saturated heterocycles. The number of hydrogen-bond donors (Lipinski definition) is 1. The second kappa shape index (κ2) is 4.33. The summed E-state index contributed by atoms with van der Waals surface area (Å²) >= 11 is 0. The number of rotatable bonds is 2. The van der Waals surface area contributed by atoms with Crippen LogP contribution in [0.1, 0.15) is 18.4 Å². The van der Waals surface area contributed by atoms with Crippen molar-refractivity contribution in [2.45, 2.75) is 19.8 Å². The lowest BCUT2D eigenvalue weighted by atomic mass is 10.1. The molecule has 1 aliphatic rings. The molecule has 3 rings (SSSR count). The molecule has 0 spiro atoms. The van der Waals surface area contributed by atoms with Crippen molar-refractivity contribution in [3.05, 3.63) is 23.8 Å². The van der Waals surface area contributed by atoms with Crippen LogP contribution < -0.4 is 10.6 Å². The van der Waals surface area contributed by atoms with E-state index in [0.717, 1.165) is 24.2 Å². The number of nitrogens with zero attached hydrogens (tertiary/aromatic N) is 3. The first-order valence-corrected chi connectivity index (χ1v) is 6.20. The van der Waals surface area contributed by atoms with Crippen molar-refractivity contribution in [3.63, 3.8) is 0 Å². The van der Waals surface area contributed by atoms with Crippen LogP contribution >= 0.6 is 0 Å². The molecular formula is C13H16N4O. The summed E-state index contributed by atoms with van der Waals surface area (Å²) in [5.41, 5.74) is 8.57. The molecule has 0 radical (unpaired) electrons. The summed E-state index contributed by atoms with van der Waals surface area (Å²) in [5.74, 6) is 1.17. The number of hydrogen-bond acceptors (Lipinski definition) is 5. The first-order chi connectivity index (χ1) is 8.75. The van der Waals surface area contributed by atoms with E-state index in [1.807, 2.05) is 25.1 Å². The van der Waals surface area contributed by atoms with Gasteiger partial charge in [-0.1, -0.05) is 12.1 Å². The van der Waals surface area contributed by atoms with Crippen molar-refractivity contribution in [2.24, 2.45) is 0 Å². The molecule has 18 heavy (non-hydrogen) atoms. The summed E-state index contributed by atoms with van der Waals surface area (Å²) in [6.45, 7) is 3.97. The van der Waals surface area contributed by atoms with Gasteiger partial charge in [0.2, 0.25) is 0 Å². The normalized spacial score (nSPS) is 15.3. The molecule has 0 atom stereocenters. The molecule has 1 aromatic heterocycles. The Bertz CT molecular complexity index is 558. The molecule has 2 aromatic rings. The van der Waals surface area contributed by atoms with Gasteiger partial charge >= 0.3 is 0 Å². The molecule has 0 unspecified atom stereocenters. The van der Waals surface area contributed by atoms with Crippen LogP contribution in [0.5, 0.6) is 0 Å². The molecule has 94 valence electrons. The number of anilines is 2. The maximum Gasteiger partial charge on any atom is 0.266 e. The van der Waals surface area contributed by atoms with E-state index in [0.29, 0.717) is 17.5 Å². The van der Waals surface area contributed by atoms with Crippen LogP contribution in [0.25, 0.3) is 11.5 Å². The third-order valence-electron chi connectivity index (χ3n) is 3.36. The van der Waals surface area contributed by atoms with Crippen molar-refractivity contribution in [1.82, 2.24) is 10.1 Å². The van der Waals surface area contributed by atoms with Gasteiger partial charge in [0.05, 0.1) is 5.56 Å². The summed E-state index contributed by atoms with van der Waals surface area (Å²) in [7, 11) is 0. The van der Waals surface area contributed by atoms with Crippen molar-refractivity contribution >= 4 is 11.6 Å². The summed E-state index contributed by atoms with van der Waals surface area (Å²) < 4.78 is 5.32. The van der Waals surface area contributed by atoms with E-state index in [9.17, 15) is 0 Å². The number of benzene rings is 1. The number of para-hydroxylation sites is 1. The Morgan fingerprint density at radius 3 is 2.83 bits per heavy atom. The highest BCUT2D eigenvalue weighted by atomic mass is 16.5. The van der Waals surface area contributed by atoms with E-state index in [1.165, 1.54) is 12.8 Å². The molecule has 0 saturated carbocycles. The SMILES string of the molecule is Cc1cccc(-c2nc(N3CCCC3)no2)c1N. The molecule has 1 aromatic carbocycles. The van der Waals surface area contributed by atoms with E-state index in [1.54, 1.807) is 0 Å². The van der Waals surface area contributed by atoms with E-state index in [4.69, 9.17) is 10.3 Å². The van der Waals surface area contributed by atoms with Crippen LogP contribution in [0.2, 0.25) is 0 Å². The summed E-state index contributed by atoms with van der Waals surface area (Å²) in [6, 6.07) is 5.82. The minimum atomic E-state index is 0.498. The Morgan fingerprint density at radius 2 is 2.06 bits per heavy atom. The van der Waals surface area contributed by atoms with Gasteiger partial charge < -0.3 is 15.2 Å².